The molecule has 0 aliphatic heterocycles. The van der Waals surface area contributed by atoms with Gasteiger partial charge in [-0.25, -0.2) is 0 Å². The highest BCUT2D eigenvalue weighted by Gasteiger charge is 2.44. The molecule has 4 N–H and O–H groups in total. The summed E-state index contributed by atoms with van der Waals surface area (Å²) >= 11 is 0. The number of rotatable bonds is 14. The number of aliphatic hydroxyl groups is 2. The number of nitrogens with one attached hydrogen (secondary N) is 2. The van der Waals surface area contributed by atoms with Gasteiger partial charge in [0.15, 0.2) is 0 Å². The van der Waals surface area contributed by atoms with Crippen LogP contribution in [0, 0.1) is 16.2 Å². The maximum atomic E-state index is 13.4. The quantitative estimate of drug-likeness (QED) is 0.226. The van der Waals surface area contributed by atoms with Crippen LogP contribution in [0.2, 0.25) is 0 Å². The fraction of sp³-hybridized carbons (Fsp3) is 0.655. The van der Waals surface area contributed by atoms with Gasteiger partial charge in [-0.3, -0.25) is 9.59 Å². The van der Waals surface area contributed by atoms with Crippen LogP contribution < -0.4 is 10.6 Å². The number of carbonyl (C=O) groups is 2. The number of amides is 2. The molecule has 204 valence electrons. The molecule has 0 aliphatic rings. The summed E-state index contributed by atoms with van der Waals surface area (Å²) in [6.45, 7) is 17.5. The second-order valence-electron chi connectivity index (χ2n) is 11.9. The summed E-state index contributed by atoms with van der Waals surface area (Å²) in [5.41, 5.74) is 0.00707. The predicted molar refractivity (Wildman–Crippen MR) is 145 cm³/mol. The first-order chi connectivity index (χ1) is 16.7. The fourth-order valence-corrected chi connectivity index (χ4v) is 3.66. The van der Waals surface area contributed by atoms with Crippen molar-refractivity contribution in [3.63, 3.8) is 0 Å². The zero-order chi connectivity index (χ0) is 27.6. The van der Waals surface area contributed by atoms with Crippen molar-refractivity contribution in [2.75, 3.05) is 19.8 Å². The number of aliphatic hydroxyl groups excluding tert-OH is 2. The summed E-state index contributed by atoms with van der Waals surface area (Å²) < 4.78 is 5.79. The Bertz CT molecular complexity index is 801. The van der Waals surface area contributed by atoms with Crippen LogP contribution in [0.1, 0.15) is 78.9 Å². The molecular formula is C29H48N2O5. The highest BCUT2D eigenvalue weighted by atomic mass is 16.5. The second kappa shape index (κ2) is 13.9. The van der Waals surface area contributed by atoms with Gasteiger partial charge in [-0.2, -0.15) is 0 Å². The molecule has 1 aromatic carbocycles. The Morgan fingerprint density at radius 2 is 1.36 bits per heavy atom. The second-order valence-corrected chi connectivity index (χ2v) is 11.9. The van der Waals surface area contributed by atoms with Gasteiger partial charge in [0.2, 0.25) is 11.8 Å². The van der Waals surface area contributed by atoms with Crippen LogP contribution in [0.4, 0.5) is 0 Å². The lowest BCUT2D eigenvalue weighted by molar-refractivity contribution is -0.145. The smallest absolute Gasteiger partial charge is 0.235 e. The van der Waals surface area contributed by atoms with Crippen molar-refractivity contribution in [3.05, 3.63) is 42.0 Å². The van der Waals surface area contributed by atoms with E-state index >= 15 is 0 Å². The Morgan fingerprint density at radius 3 is 1.75 bits per heavy atom. The van der Waals surface area contributed by atoms with Crippen LogP contribution in [0.3, 0.4) is 0 Å². The van der Waals surface area contributed by atoms with Gasteiger partial charge in [0, 0.05) is 6.61 Å². The molecule has 2 atom stereocenters. The third kappa shape index (κ3) is 9.68. The third-order valence-electron chi connectivity index (χ3n) is 6.77. The van der Waals surface area contributed by atoms with Crippen LogP contribution in [0.5, 0.6) is 0 Å². The van der Waals surface area contributed by atoms with Crippen molar-refractivity contribution in [3.8, 4) is 0 Å². The molecule has 0 spiro atoms. The normalized spacial score (nSPS) is 14.1. The number of hydrogen-bond donors (Lipinski definition) is 4. The monoisotopic (exact) mass is 504 g/mol. The minimum absolute atomic E-state index is 0.226. The zero-order valence-electron chi connectivity index (χ0n) is 23.3. The van der Waals surface area contributed by atoms with Gasteiger partial charge in [-0.05, 0) is 48.1 Å². The SMILES string of the molecule is C=Cc1ccc(COCCCCC(C)(C(=O)N[C@H](CO)C(C)(C)C)C(=O)N[C@H](CO)C(C)(C)C)cc1. The molecule has 0 saturated carbocycles. The Kier molecular flexibility index (Phi) is 12.3. The highest BCUT2D eigenvalue weighted by Crippen LogP contribution is 2.29. The molecule has 0 saturated heterocycles. The summed E-state index contributed by atoms with van der Waals surface area (Å²) in [5.74, 6) is -0.856. The molecule has 0 bridgehead atoms. The molecule has 7 nitrogen and oxygen atoms in total. The third-order valence-corrected chi connectivity index (χ3v) is 6.77. The van der Waals surface area contributed by atoms with Crippen molar-refractivity contribution >= 4 is 17.9 Å². The number of unbranched alkanes of at least 4 members (excludes halogenated alkanes) is 1. The van der Waals surface area contributed by atoms with Gasteiger partial charge in [-0.15, -0.1) is 0 Å². The lowest BCUT2D eigenvalue weighted by Gasteiger charge is -2.37. The lowest BCUT2D eigenvalue weighted by atomic mass is 9.79. The highest BCUT2D eigenvalue weighted by molar-refractivity contribution is 6.04. The molecule has 1 aromatic rings. The first-order valence-electron chi connectivity index (χ1n) is 12.8. The van der Waals surface area contributed by atoms with Crippen molar-refractivity contribution in [2.24, 2.45) is 16.2 Å². The number of carbonyl (C=O) groups excluding carboxylic acids is 2. The van der Waals surface area contributed by atoms with E-state index in [-0.39, 0.29) is 24.0 Å². The van der Waals surface area contributed by atoms with Crippen molar-refractivity contribution in [1.82, 2.24) is 10.6 Å². The lowest BCUT2D eigenvalue weighted by Crippen LogP contribution is -2.58. The van der Waals surface area contributed by atoms with E-state index in [2.05, 4.69) is 17.2 Å². The summed E-state index contributed by atoms with van der Waals surface area (Å²) in [6, 6.07) is 6.99. The van der Waals surface area contributed by atoms with E-state index in [0.29, 0.717) is 32.5 Å². The molecule has 2 amide bonds. The van der Waals surface area contributed by atoms with E-state index in [9.17, 15) is 19.8 Å². The Hall–Kier alpha value is -2.22. The average molecular weight is 505 g/mol. The molecule has 0 radical (unpaired) electrons. The van der Waals surface area contributed by atoms with Gasteiger partial charge < -0.3 is 25.6 Å². The molecular weight excluding hydrogens is 456 g/mol. The summed E-state index contributed by atoms with van der Waals surface area (Å²) in [6.07, 6.45) is 3.40. The predicted octanol–water partition coefficient (Wildman–Crippen LogP) is 4.07. The van der Waals surface area contributed by atoms with E-state index < -0.39 is 29.3 Å². The topological polar surface area (TPSA) is 108 Å². The van der Waals surface area contributed by atoms with Crippen LogP contribution >= 0.6 is 0 Å². The maximum Gasteiger partial charge on any atom is 0.235 e. The fourth-order valence-electron chi connectivity index (χ4n) is 3.66. The summed E-state index contributed by atoms with van der Waals surface area (Å²) in [7, 11) is 0. The van der Waals surface area contributed by atoms with Gasteiger partial charge in [0.05, 0.1) is 31.9 Å². The molecule has 1 rings (SSSR count). The Balaban J connectivity index is 2.84. The van der Waals surface area contributed by atoms with Crippen molar-refractivity contribution < 1.29 is 24.5 Å². The maximum absolute atomic E-state index is 13.4. The minimum atomic E-state index is -1.36. The van der Waals surface area contributed by atoms with Crippen LogP contribution in [-0.4, -0.2) is 53.9 Å². The van der Waals surface area contributed by atoms with E-state index in [4.69, 9.17) is 4.74 Å². The molecule has 0 fully saturated rings. The molecule has 0 aliphatic carbocycles. The van der Waals surface area contributed by atoms with E-state index in [0.717, 1.165) is 11.1 Å². The largest absolute Gasteiger partial charge is 0.394 e. The van der Waals surface area contributed by atoms with Crippen LogP contribution in [-0.2, 0) is 20.9 Å². The van der Waals surface area contributed by atoms with E-state index in [1.807, 2.05) is 65.8 Å². The van der Waals surface area contributed by atoms with Crippen LogP contribution in [0.25, 0.3) is 6.08 Å². The average Bonchev–Trinajstić information content (AvgIpc) is 2.81. The Labute approximate surface area is 217 Å². The zero-order valence-corrected chi connectivity index (χ0v) is 23.3. The first-order valence-corrected chi connectivity index (χ1v) is 12.8. The first kappa shape index (κ1) is 31.8. The van der Waals surface area contributed by atoms with E-state index in [1.165, 1.54) is 0 Å². The Morgan fingerprint density at radius 1 is 0.889 bits per heavy atom. The molecule has 0 heterocycles. The minimum Gasteiger partial charge on any atom is -0.394 e. The molecule has 0 unspecified atom stereocenters. The van der Waals surface area contributed by atoms with Crippen molar-refractivity contribution in [1.29, 1.82) is 0 Å². The molecule has 0 aromatic heterocycles. The van der Waals surface area contributed by atoms with Gasteiger partial charge in [0.1, 0.15) is 5.41 Å². The molecule has 36 heavy (non-hydrogen) atoms. The standard InChI is InChI=1S/C29H48N2O5/c1-9-21-12-14-22(15-13-21)20-36-17-11-10-16-29(8,25(34)30-23(18-32)27(2,3)4)26(35)31-24(19-33)28(5,6)7/h9,12-15,23-24,32-33H,1,10-11,16-20H2,2-8H3,(H,30,34)(H,31,35)/t23-,24-/m1/s1. The van der Waals surface area contributed by atoms with Gasteiger partial charge in [0.25, 0.3) is 0 Å². The number of benzene rings is 1. The van der Waals surface area contributed by atoms with Gasteiger partial charge in [-0.1, -0.05) is 78.5 Å². The van der Waals surface area contributed by atoms with Gasteiger partial charge >= 0.3 is 0 Å². The van der Waals surface area contributed by atoms with Crippen molar-refractivity contribution in [2.45, 2.75) is 86.4 Å². The number of hydrogen-bond acceptors (Lipinski definition) is 5. The molecule has 7 heteroatoms. The van der Waals surface area contributed by atoms with E-state index in [1.54, 1.807) is 13.0 Å². The summed E-state index contributed by atoms with van der Waals surface area (Å²) in [4.78, 5) is 26.8. The van der Waals surface area contributed by atoms with Crippen LogP contribution in [0.15, 0.2) is 30.8 Å². The summed E-state index contributed by atoms with van der Waals surface area (Å²) in [5, 5.41) is 25.4. The number of ether oxygens (including phenoxy) is 1.